The first-order valence-corrected chi connectivity index (χ1v) is 5.11. The minimum absolute atomic E-state index is 0.0120. The third-order valence-corrected chi connectivity index (χ3v) is 2.74. The third kappa shape index (κ3) is 1.87. The third-order valence-electron chi connectivity index (χ3n) is 2.74. The van der Waals surface area contributed by atoms with Crippen molar-refractivity contribution < 1.29 is 4.79 Å². The molecule has 0 radical (unpaired) electrons. The highest BCUT2D eigenvalue weighted by atomic mass is 16.2. The fraction of sp³-hybridized carbons (Fsp3) is 0.778. The van der Waals surface area contributed by atoms with Crippen LogP contribution in [0.5, 0.6) is 0 Å². The van der Waals surface area contributed by atoms with Crippen LogP contribution in [0.3, 0.4) is 0 Å². The number of carbonyl (C=O) groups is 1. The van der Waals surface area contributed by atoms with Crippen LogP contribution in [0.25, 0.3) is 0 Å². The number of likely N-dealkylation sites (N-methyl/N-ethyl adjacent to an activating group) is 1. The largest absolute Gasteiger partial charge is 0.340 e. The van der Waals surface area contributed by atoms with E-state index in [1.165, 1.54) is 0 Å². The Morgan fingerprint density at radius 1 is 1.36 bits per heavy atom. The topological polar surface area (TPSA) is 47.9 Å². The van der Waals surface area contributed by atoms with Gasteiger partial charge < -0.3 is 9.80 Å². The minimum Gasteiger partial charge on any atom is -0.340 e. The fourth-order valence-electron chi connectivity index (χ4n) is 1.81. The molecule has 2 aliphatic rings. The van der Waals surface area contributed by atoms with Crippen LogP contribution >= 0.6 is 0 Å². The molecular formula is C9H16N4O. The molecule has 78 valence electrons. The van der Waals surface area contributed by atoms with Crippen molar-refractivity contribution in [3.8, 4) is 0 Å². The summed E-state index contributed by atoms with van der Waals surface area (Å²) >= 11 is 0. The molecule has 1 amide bonds. The zero-order valence-corrected chi connectivity index (χ0v) is 8.49. The molecule has 1 saturated heterocycles. The van der Waals surface area contributed by atoms with Crippen LogP contribution in [0.1, 0.15) is 6.92 Å². The summed E-state index contributed by atoms with van der Waals surface area (Å²) < 4.78 is 0. The summed E-state index contributed by atoms with van der Waals surface area (Å²) in [5.41, 5.74) is 0. The van der Waals surface area contributed by atoms with Crippen LogP contribution in [0.4, 0.5) is 0 Å². The summed E-state index contributed by atoms with van der Waals surface area (Å²) in [5.74, 6) is 0.781. The number of rotatable bonds is 1. The lowest BCUT2D eigenvalue weighted by Gasteiger charge is -2.34. The van der Waals surface area contributed by atoms with E-state index in [0.29, 0.717) is 6.54 Å². The molecule has 14 heavy (non-hydrogen) atoms. The van der Waals surface area contributed by atoms with E-state index in [9.17, 15) is 4.79 Å². The Hall–Kier alpha value is -1.10. The highest BCUT2D eigenvalue weighted by Gasteiger charge is 2.22. The first-order chi connectivity index (χ1) is 6.79. The minimum atomic E-state index is 0.0120. The standard InChI is InChI=1S/C9H16N4O/c1-2-12-3-5-13(6-4-12)9-10-7-8(14)11-9/h2-7H2,1H3,(H,10,11,14). The molecule has 0 aromatic carbocycles. The average Bonchev–Trinajstić information content (AvgIpc) is 2.65. The summed E-state index contributed by atoms with van der Waals surface area (Å²) in [4.78, 5) is 19.7. The molecule has 1 fully saturated rings. The second-order valence-electron chi connectivity index (χ2n) is 3.61. The van der Waals surface area contributed by atoms with E-state index < -0.39 is 0 Å². The average molecular weight is 196 g/mol. The maximum Gasteiger partial charge on any atom is 0.248 e. The number of hydrogen-bond donors (Lipinski definition) is 1. The quantitative estimate of drug-likeness (QED) is 0.592. The second-order valence-corrected chi connectivity index (χ2v) is 3.61. The maximum absolute atomic E-state index is 11.0. The number of carbonyl (C=O) groups excluding carboxylic acids is 1. The fourth-order valence-corrected chi connectivity index (χ4v) is 1.81. The Balaban J connectivity index is 1.86. The maximum atomic E-state index is 11.0. The molecule has 5 nitrogen and oxygen atoms in total. The number of hydrogen-bond acceptors (Lipinski definition) is 4. The zero-order valence-electron chi connectivity index (χ0n) is 8.49. The zero-order chi connectivity index (χ0) is 9.97. The van der Waals surface area contributed by atoms with Crippen molar-refractivity contribution in [2.75, 3.05) is 39.3 Å². The van der Waals surface area contributed by atoms with Gasteiger partial charge in [0, 0.05) is 26.2 Å². The first-order valence-electron chi connectivity index (χ1n) is 5.11. The molecule has 0 unspecified atom stereocenters. The number of amides is 1. The van der Waals surface area contributed by atoms with Gasteiger partial charge in [0.1, 0.15) is 6.54 Å². The van der Waals surface area contributed by atoms with Crippen LogP contribution in [-0.4, -0.2) is 60.9 Å². The number of piperazine rings is 1. The van der Waals surface area contributed by atoms with Gasteiger partial charge in [0.25, 0.3) is 0 Å². The highest BCUT2D eigenvalue weighted by Crippen LogP contribution is 2.03. The molecular weight excluding hydrogens is 180 g/mol. The Labute approximate surface area is 83.8 Å². The predicted octanol–water partition coefficient (Wildman–Crippen LogP) is -0.890. The molecule has 2 aliphatic heterocycles. The van der Waals surface area contributed by atoms with Gasteiger partial charge in [0.2, 0.25) is 11.9 Å². The van der Waals surface area contributed by atoms with Gasteiger partial charge in [-0.3, -0.25) is 10.1 Å². The van der Waals surface area contributed by atoms with E-state index in [4.69, 9.17) is 0 Å². The molecule has 0 saturated carbocycles. The number of nitrogens with zero attached hydrogens (tertiary/aromatic N) is 3. The van der Waals surface area contributed by atoms with Crippen molar-refractivity contribution >= 4 is 11.9 Å². The Morgan fingerprint density at radius 3 is 2.57 bits per heavy atom. The molecule has 5 heteroatoms. The molecule has 1 N–H and O–H groups in total. The van der Waals surface area contributed by atoms with Crippen molar-refractivity contribution in [1.82, 2.24) is 15.1 Å². The van der Waals surface area contributed by atoms with Gasteiger partial charge in [-0.2, -0.15) is 0 Å². The molecule has 0 aromatic rings. The van der Waals surface area contributed by atoms with Gasteiger partial charge in [-0.1, -0.05) is 6.92 Å². The normalized spacial score (nSPS) is 23.6. The van der Waals surface area contributed by atoms with Gasteiger partial charge in [0.15, 0.2) is 0 Å². The second kappa shape index (κ2) is 3.96. The Morgan fingerprint density at radius 2 is 2.07 bits per heavy atom. The first kappa shape index (κ1) is 9.45. The van der Waals surface area contributed by atoms with E-state index in [0.717, 1.165) is 38.7 Å². The van der Waals surface area contributed by atoms with Gasteiger partial charge in [0.05, 0.1) is 0 Å². The summed E-state index contributed by atoms with van der Waals surface area (Å²) in [6.45, 7) is 7.62. The van der Waals surface area contributed by atoms with Crippen molar-refractivity contribution in [3.05, 3.63) is 0 Å². The van der Waals surface area contributed by atoms with Crippen LogP contribution in [0, 0.1) is 0 Å². The van der Waals surface area contributed by atoms with Crippen molar-refractivity contribution in [2.24, 2.45) is 4.99 Å². The van der Waals surface area contributed by atoms with E-state index in [1.807, 2.05) is 0 Å². The van der Waals surface area contributed by atoms with E-state index in [2.05, 4.69) is 27.0 Å². The highest BCUT2D eigenvalue weighted by molar-refractivity contribution is 6.02. The van der Waals surface area contributed by atoms with E-state index in [1.54, 1.807) is 0 Å². The van der Waals surface area contributed by atoms with Gasteiger partial charge in [-0.25, -0.2) is 4.99 Å². The number of nitrogens with one attached hydrogen (secondary N) is 1. The number of guanidine groups is 1. The summed E-state index contributed by atoms with van der Waals surface area (Å²) in [7, 11) is 0. The summed E-state index contributed by atoms with van der Waals surface area (Å²) in [6, 6.07) is 0. The molecule has 0 spiro atoms. The Kier molecular flexibility index (Phi) is 2.67. The lowest BCUT2D eigenvalue weighted by molar-refractivity contribution is -0.117. The van der Waals surface area contributed by atoms with Gasteiger partial charge in [-0.05, 0) is 6.54 Å². The number of aliphatic imine (C=N–C) groups is 1. The van der Waals surface area contributed by atoms with E-state index >= 15 is 0 Å². The van der Waals surface area contributed by atoms with Crippen molar-refractivity contribution in [2.45, 2.75) is 6.92 Å². The SMILES string of the molecule is CCN1CCN(C2=NCC(=O)N2)CC1. The predicted molar refractivity (Wildman–Crippen MR) is 54.1 cm³/mol. The Bertz CT molecular complexity index is 256. The molecule has 0 atom stereocenters. The van der Waals surface area contributed by atoms with Crippen molar-refractivity contribution in [1.29, 1.82) is 0 Å². The van der Waals surface area contributed by atoms with Gasteiger partial charge in [-0.15, -0.1) is 0 Å². The lowest BCUT2D eigenvalue weighted by Crippen LogP contribution is -2.51. The van der Waals surface area contributed by atoms with Crippen LogP contribution in [0.2, 0.25) is 0 Å². The molecule has 0 bridgehead atoms. The smallest absolute Gasteiger partial charge is 0.248 e. The van der Waals surface area contributed by atoms with Crippen LogP contribution in [0.15, 0.2) is 4.99 Å². The summed E-state index contributed by atoms with van der Waals surface area (Å²) in [5, 5.41) is 2.77. The monoisotopic (exact) mass is 196 g/mol. The molecule has 2 rings (SSSR count). The van der Waals surface area contributed by atoms with Crippen LogP contribution in [-0.2, 0) is 4.79 Å². The molecule has 0 aliphatic carbocycles. The molecule has 2 heterocycles. The lowest BCUT2D eigenvalue weighted by atomic mass is 10.3. The van der Waals surface area contributed by atoms with E-state index in [-0.39, 0.29) is 5.91 Å². The van der Waals surface area contributed by atoms with Gasteiger partial charge >= 0.3 is 0 Å². The van der Waals surface area contributed by atoms with Crippen molar-refractivity contribution in [3.63, 3.8) is 0 Å². The summed E-state index contributed by atoms with van der Waals surface area (Å²) in [6.07, 6.45) is 0. The molecule has 0 aromatic heterocycles. The van der Waals surface area contributed by atoms with Crippen LogP contribution < -0.4 is 5.32 Å².